The molecule has 1 aromatic carbocycles. The molecule has 0 saturated carbocycles. The molecule has 1 heterocycles. The summed E-state index contributed by atoms with van der Waals surface area (Å²) >= 11 is 0. The summed E-state index contributed by atoms with van der Waals surface area (Å²) in [6.45, 7) is 4.84. The molecule has 2 rings (SSSR count). The Morgan fingerprint density at radius 1 is 1.42 bits per heavy atom. The summed E-state index contributed by atoms with van der Waals surface area (Å²) in [6.07, 6.45) is 1.04. The van der Waals surface area contributed by atoms with Crippen molar-refractivity contribution in [2.24, 2.45) is 0 Å². The van der Waals surface area contributed by atoms with Crippen molar-refractivity contribution in [3.8, 4) is 0 Å². The van der Waals surface area contributed by atoms with Gasteiger partial charge in [-0.15, -0.1) is 0 Å². The van der Waals surface area contributed by atoms with Crippen LogP contribution in [0.25, 0.3) is 0 Å². The Hall–Kier alpha value is -0.710. The topological polar surface area (TPSA) is 38.3 Å². The second-order valence-electron chi connectivity index (χ2n) is 5.20. The zero-order chi connectivity index (χ0) is 13.8. The number of rotatable bonds is 5. The van der Waals surface area contributed by atoms with Gasteiger partial charge >= 0.3 is 0 Å². The van der Waals surface area contributed by atoms with Crippen LogP contribution < -0.4 is 5.32 Å². The van der Waals surface area contributed by atoms with E-state index in [1.807, 2.05) is 14.0 Å². The van der Waals surface area contributed by atoms with E-state index in [-0.39, 0.29) is 17.4 Å². The molecule has 0 bridgehead atoms. The summed E-state index contributed by atoms with van der Waals surface area (Å²) in [7, 11) is 1.08. The molecule has 106 valence electrons. The summed E-state index contributed by atoms with van der Waals surface area (Å²) < 4.78 is 18.0. The van der Waals surface area contributed by atoms with E-state index in [0.717, 1.165) is 13.0 Å². The number of benzene rings is 1. The van der Waals surface area contributed by atoms with Crippen molar-refractivity contribution in [2.45, 2.75) is 37.7 Å². The van der Waals surface area contributed by atoms with Gasteiger partial charge in [-0.25, -0.2) is 0 Å². The highest BCUT2D eigenvalue weighted by Gasteiger charge is 2.30. The molecule has 0 aliphatic carbocycles. The SMILES string of the molecule is CNC(CS(=O)C1CCOC1C)c1ccc(C)cc1. The molecule has 4 atom stereocenters. The number of ether oxygens (including phenoxy) is 1. The van der Waals surface area contributed by atoms with Gasteiger partial charge in [0.15, 0.2) is 0 Å². The Labute approximate surface area is 118 Å². The predicted octanol–water partition coefficient (Wildman–Crippen LogP) is 2.18. The van der Waals surface area contributed by atoms with Crippen LogP contribution in [0.15, 0.2) is 24.3 Å². The minimum Gasteiger partial charge on any atom is -0.377 e. The maximum Gasteiger partial charge on any atom is 0.0691 e. The smallest absolute Gasteiger partial charge is 0.0691 e. The van der Waals surface area contributed by atoms with Gasteiger partial charge in [0.1, 0.15) is 0 Å². The first-order chi connectivity index (χ1) is 9.11. The van der Waals surface area contributed by atoms with Gasteiger partial charge < -0.3 is 10.1 Å². The predicted molar refractivity (Wildman–Crippen MR) is 79.8 cm³/mol. The average molecular weight is 281 g/mol. The van der Waals surface area contributed by atoms with Gasteiger partial charge in [0.25, 0.3) is 0 Å². The number of nitrogens with one attached hydrogen (secondary N) is 1. The van der Waals surface area contributed by atoms with E-state index in [1.165, 1.54) is 11.1 Å². The molecule has 1 aliphatic rings. The lowest BCUT2D eigenvalue weighted by molar-refractivity contribution is 0.127. The first kappa shape index (κ1) is 14.7. The molecule has 19 heavy (non-hydrogen) atoms. The Kier molecular flexibility index (Phi) is 5.13. The minimum absolute atomic E-state index is 0.122. The monoisotopic (exact) mass is 281 g/mol. The summed E-state index contributed by atoms with van der Waals surface area (Å²) in [5, 5.41) is 3.45. The van der Waals surface area contributed by atoms with Gasteiger partial charge in [-0.3, -0.25) is 4.21 Å². The molecule has 0 radical (unpaired) electrons. The largest absolute Gasteiger partial charge is 0.377 e. The molecule has 4 unspecified atom stereocenters. The molecule has 0 aromatic heterocycles. The summed E-state index contributed by atoms with van der Waals surface area (Å²) in [5.41, 5.74) is 2.45. The standard InChI is InChI=1S/C15H23NO2S/c1-11-4-6-13(7-5-11)14(16-3)10-19(17)15-8-9-18-12(15)2/h4-7,12,14-16H,8-10H2,1-3H3. The van der Waals surface area contributed by atoms with Gasteiger partial charge in [-0.05, 0) is 32.9 Å². The maximum absolute atomic E-state index is 12.5. The van der Waals surface area contributed by atoms with Crippen molar-refractivity contribution in [3.63, 3.8) is 0 Å². The van der Waals surface area contributed by atoms with Crippen LogP contribution in [0.5, 0.6) is 0 Å². The first-order valence-electron chi connectivity index (χ1n) is 6.84. The second-order valence-corrected chi connectivity index (χ2v) is 6.90. The molecular formula is C15H23NO2S. The molecule has 0 amide bonds. The lowest BCUT2D eigenvalue weighted by atomic mass is 10.1. The highest BCUT2D eigenvalue weighted by atomic mass is 32.2. The fourth-order valence-corrected chi connectivity index (χ4v) is 4.29. The number of hydrogen-bond donors (Lipinski definition) is 1. The third-order valence-electron chi connectivity index (χ3n) is 3.80. The maximum atomic E-state index is 12.5. The summed E-state index contributed by atoms with van der Waals surface area (Å²) in [4.78, 5) is 0. The zero-order valence-corrected chi connectivity index (χ0v) is 12.7. The Morgan fingerprint density at radius 3 is 2.63 bits per heavy atom. The highest BCUT2D eigenvalue weighted by molar-refractivity contribution is 7.85. The Balaban J connectivity index is 2.02. The van der Waals surface area contributed by atoms with Crippen molar-refractivity contribution < 1.29 is 8.95 Å². The summed E-state index contributed by atoms with van der Waals surface area (Å²) in [6, 6.07) is 8.58. The second kappa shape index (κ2) is 6.64. The van der Waals surface area contributed by atoms with E-state index < -0.39 is 10.8 Å². The van der Waals surface area contributed by atoms with E-state index in [0.29, 0.717) is 5.75 Å². The lowest BCUT2D eigenvalue weighted by Gasteiger charge is -2.20. The highest BCUT2D eigenvalue weighted by Crippen LogP contribution is 2.22. The summed E-state index contributed by atoms with van der Waals surface area (Å²) in [5.74, 6) is 0.651. The van der Waals surface area contributed by atoms with Crippen LogP contribution in [-0.2, 0) is 15.5 Å². The van der Waals surface area contributed by atoms with Crippen LogP contribution in [0.1, 0.15) is 30.5 Å². The molecule has 3 nitrogen and oxygen atoms in total. The third kappa shape index (κ3) is 3.65. The van der Waals surface area contributed by atoms with Crippen LogP contribution in [0, 0.1) is 6.92 Å². The number of aryl methyl sites for hydroxylation is 1. The van der Waals surface area contributed by atoms with Crippen LogP contribution in [0.4, 0.5) is 0 Å². The third-order valence-corrected chi connectivity index (χ3v) is 5.76. The van der Waals surface area contributed by atoms with Crippen molar-refractivity contribution in [1.82, 2.24) is 5.32 Å². The molecule has 4 heteroatoms. The fourth-order valence-electron chi connectivity index (χ4n) is 2.49. The molecule has 1 aromatic rings. The van der Waals surface area contributed by atoms with Gasteiger partial charge in [0, 0.05) is 29.2 Å². The first-order valence-corrected chi connectivity index (χ1v) is 8.22. The van der Waals surface area contributed by atoms with E-state index >= 15 is 0 Å². The van der Waals surface area contributed by atoms with E-state index in [9.17, 15) is 4.21 Å². The minimum atomic E-state index is -0.849. The van der Waals surface area contributed by atoms with E-state index in [4.69, 9.17) is 4.74 Å². The average Bonchev–Trinajstić information content (AvgIpc) is 2.83. The van der Waals surface area contributed by atoms with Gasteiger partial charge in [-0.2, -0.15) is 0 Å². The van der Waals surface area contributed by atoms with Gasteiger partial charge in [0.05, 0.1) is 11.4 Å². The normalized spacial score (nSPS) is 26.3. The van der Waals surface area contributed by atoms with Crippen molar-refractivity contribution in [1.29, 1.82) is 0 Å². The van der Waals surface area contributed by atoms with Gasteiger partial charge in [0.2, 0.25) is 0 Å². The van der Waals surface area contributed by atoms with Crippen LogP contribution in [0.2, 0.25) is 0 Å². The molecule has 1 N–H and O–H groups in total. The van der Waals surface area contributed by atoms with Gasteiger partial charge in [-0.1, -0.05) is 29.8 Å². The Morgan fingerprint density at radius 2 is 2.11 bits per heavy atom. The van der Waals surface area contributed by atoms with Crippen LogP contribution in [-0.4, -0.2) is 35.0 Å². The molecule has 1 aliphatic heterocycles. The van der Waals surface area contributed by atoms with E-state index in [1.54, 1.807) is 0 Å². The Bertz CT molecular complexity index is 432. The molecular weight excluding hydrogens is 258 g/mol. The van der Waals surface area contributed by atoms with E-state index in [2.05, 4.69) is 36.5 Å². The van der Waals surface area contributed by atoms with Crippen LogP contribution >= 0.6 is 0 Å². The van der Waals surface area contributed by atoms with Crippen molar-refractivity contribution in [3.05, 3.63) is 35.4 Å². The zero-order valence-electron chi connectivity index (χ0n) is 11.9. The van der Waals surface area contributed by atoms with Crippen molar-refractivity contribution in [2.75, 3.05) is 19.4 Å². The quantitative estimate of drug-likeness (QED) is 0.899. The molecule has 1 saturated heterocycles. The van der Waals surface area contributed by atoms with Crippen LogP contribution in [0.3, 0.4) is 0 Å². The number of hydrogen-bond acceptors (Lipinski definition) is 3. The fraction of sp³-hybridized carbons (Fsp3) is 0.600. The van der Waals surface area contributed by atoms with Crippen molar-refractivity contribution >= 4 is 10.8 Å². The lowest BCUT2D eigenvalue weighted by Crippen LogP contribution is -2.30. The molecule has 1 fully saturated rings. The molecule has 0 spiro atoms.